The average Bonchev–Trinajstić information content (AvgIpc) is 2.18. The fourth-order valence-corrected chi connectivity index (χ4v) is 1.70. The molecule has 0 fully saturated rings. The van der Waals surface area contributed by atoms with Crippen molar-refractivity contribution in [3.05, 3.63) is 34.9 Å². The zero-order valence-corrected chi connectivity index (χ0v) is 9.91. The third-order valence-corrected chi connectivity index (χ3v) is 2.32. The summed E-state index contributed by atoms with van der Waals surface area (Å²) in [5.74, 6) is 0. The lowest BCUT2D eigenvalue weighted by Crippen LogP contribution is -2.08. The first kappa shape index (κ1) is 11.6. The van der Waals surface area contributed by atoms with Gasteiger partial charge in [0.2, 0.25) is 0 Å². The van der Waals surface area contributed by atoms with Crippen molar-refractivity contribution in [1.82, 2.24) is 0 Å². The van der Waals surface area contributed by atoms with Crippen LogP contribution in [0, 0.1) is 13.8 Å². The van der Waals surface area contributed by atoms with Crippen molar-refractivity contribution in [3.63, 3.8) is 0 Å². The fourth-order valence-electron chi connectivity index (χ4n) is 1.70. The maximum Gasteiger partial charge on any atom is 0.0829 e. The molecule has 0 spiro atoms. The maximum absolute atomic E-state index is 4.47. The third kappa shape index (κ3) is 2.75. The van der Waals surface area contributed by atoms with E-state index in [-0.39, 0.29) is 0 Å². The standard InChI is InChI=1S/C13H18N2/c1-5-15-12(9-14-4)13-10(2)7-6-8-11(13)3/h6-9H,5H2,1-4H3. The van der Waals surface area contributed by atoms with E-state index in [4.69, 9.17) is 0 Å². The van der Waals surface area contributed by atoms with E-state index in [9.17, 15) is 0 Å². The quantitative estimate of drug-likeness (QED) is 0.673. The van der Waals surface area contributed by atoms with Crippen molar-refractivity contribution in [2.45, 2.75) is 20.8 Å². The molecule has 80 valence electrons. The summed E-state index contributed by atoms with van der Waals surface area (Å²) in [4.78, 5) is 8.53. The first-order chi connectivity index (χ1) is 7.20. The highest BCUT2D eigenvalue weighted by molar-refractivity contribution is 6.39. The van der Waals surface area contributed by atoms with E-state index in [1.165, 1.54) is 16.7 Å². The minimum atomic E-state index is 0.787. The molecule has 0 saturated carbocycles. The van der Waals surface area contributed by atoms with Gasteiger partial charge in [-0.3, -0.25) is 9.98 Å². The third-order valence-electron chi connectivity index (χ3n) is 2.32. The van der Waals surface area contributed by atoms with Crippen molar-refractivity contribution in [2.24, 2.45) is 9.98 Å². The van der Waals surface area contributed by atoms with E-state index in [2.05, 4.69) is 42.0 Å². The molecule has 0 aromatic heterocycles. The van der Waals surface area contributed by atoms with Crippen LogP contribution in [-0.2, 0) is 0 Å². The number of hydrogen-bond donors (Lipinski definition) is 0. The highest BCUT2D eigenvalue weighted by Gasteiger charge is 2.06. The SMILES string of the molecule is CCN=C(C=NC)c1c(C)cccc1C. The topological polar surface area (TPSA) is 24.7 Å². The Morgan fingerprint density at radius 2 is 1.87 bits per heavy atom. The second-order valence-electron chi connectivity index (χ2n) is 3.51. The molecule has 1 aromatic rings. The lowest BCUT2D eigenvalue weighted by atomic mass is 9.99. The van der Waals surface area contributed by atoms with Crippen LogP contribution in [0.25, 0.3) is 0 Å². The molecule has 0 aliphatic rings. The summed E-state index contributed by atoms with van der Waals surface area (Å²) in [6.45, 7) is 7.04. The van der Waals surface area contributed by atoms with Crippen LogP contribution in [0.5, 0.6) is 0 Å². The predicted octanol–water partition coefficient (Wildman–Crippen LogP) is 2.81. The molecule has 0 bridgehead atoms. The highest BCUT2D eigenvalue weighted by Crippen LogP contribution is 2.13. The van der Waals surface area contributed by atoms with Crippen molar-refractivity contribution >= 4 is 11.9 Å². The van der Waals surface area contributed by atoms with Crippen LogP contribution in [0.2, 0.25) is 0 Å². The summed E-state index contributed by atoms with van der Waals surface area (Å²) in [6, 6.07) is 6.29. The van der Waals surface area contributed by atoms with Gasteiger partial charge in [0, 0.05) is 25.4 Å². The normalized spacial score (nSPS) is 12.4. The van der Waals surface area contributed by atoms with Crippen molar-refractivity contribution in [3.8, 4) is 0 Å². The number of benzene rings is 1. The van der Waals surface area contributed by atoms with Crippen LogP contribution in [0.1, 0.15) is 23.6 Å². The summed E-state index contributed by atoms with van der Waals surface area (Å²) in [5.41, 5.74) is 4.70. The van der Waals surface area contributed by atoms with E-state index in [1.54, 1.807) is 7.05 Å². The Labute approximate surface area is 91.8 Å². The van der Waals surface area contributed by atoms with Crippen molar-refractivity contribution < 1.29 is 0 Å². The number of aliphatic imine (C=N–C) groups is 2. The molecule has 1 aromatic carbocycles. The first-order valence-electron chi connectivity index (χ1n) is 5.24. The largest absolute Gasteiger partial charge is 0.294 e. The molecule has 2 nitrogen and oxygen atoms in total. The fraction of sp³-hybridized carbons (Fsp3) is 0.385. The molecule has 0 N–H and O–H groups in total. The van der Waals surface area contributed by atoms with Crippen molar-refractivity contribution in [1.29, 1.82) is 0 Å². The molecule has 0 amide bonds. The van der Waals surface area contributed by atoms with Gasteiger partial charge in [-0.25, -0.2) is 0 Å². The highest BCUT2D eigenvalue weighted by atomic mass is 14.8. The summed E-state index contributed by atoms with van der Waals surface area (Å²) >= 11 is 0. The van der Waals surface area contributed by atoms with Gasteiger partial charge in [0.05, 0.1) is 5.71 Å². The summed E-state index contributed by atoms with van der Waals surface area (Å²) in [6.07, 6.45) is 1.83. The second-order valence-corrected chi connectivity index (χ2v) is 3.51. The molecule has 0 heterocycles. The molecular weight excluding hydrogens is 184 g/mol. The Balaban J connectivity index is 3.28. The van der Waals surface area contributed by atoms with Crippen LogP contribution in [0.3, 0.4) is 0 Å². The Kier molecular flexibility index (Phi) is 4.22. The molecule has 15 heavy (non-hydrogen) atoms. The van der Waals surface area contributed by atoms with Crippen LogP contribution in [0.15, 0.2) is 28.2 Å². The van der Waals surface area contributed by atoms with Gasteiger partial charge in [-0.2, -0.15) is 0 Å². The van der Waals surface area contributed by atoms with Gasteiger partial charge < -0.3 is 0 Å². The number of aryl methyl sites for hydroxylation is 2. The van der Waals surface area contributed by atoms with Crippen LogP contribution >= 0.6 is 0 Å². The zero-order valence-electron chi connectivity index (χ0n) is 9.91. The van der Waals surface area contributed by atoms with E-state index >= 15 is 0 Å². The van der Waals surface area contributed by atoms with E-state index in [0.29, 0.717) is 0 Å². The summed E-state index contributed by atoms with van der Waals surface area (Å²) in [5, 5.41) is 0. The molecule has 0 aliphatic heterocycles. The molecule has 0 atom stereocenters. The number of rotatable bonds is 3. The van der Waals surface area contributed by atoms with Gasteiger partial charge >= 0.3 is 0 Å². The Morgan fingerprint density at radius 1 is 1.27 bits per heavy atom. The monoisotopic (exact) mass is 202 g/mol. The lowest BCUT2D eigenvalue weighted by molar-refractivity contribution is 1.13. The van der Waals surface area contributed by atoms with E-state index in [0.717, 1.165) is 12.3 Å². The minimum Gasteiger partial charge on any atom is -0.294 e. The van der Waals surface area contributed by atoms with Crippen molar-refractivity contribution in [2.75, 3.05) is 13.6 Å². The molecule has 0 aliphatic carbocycles. The minimum absolute atomic E-state index is 0.787. The Hall–Kier alpha value is -1.44. The van der Waals surface area contributed by atoms with E-state index < -0.39 is 0 Å². The molecular formula is C13H18N2. The number of hydrogen-bond acceptors (Lipinski definition) is 2. The maximum atomic E-state index is 4.47. The zero-order chi connectivity index (χ0) is 11.3. The average molecular weight is 202 g/mol. The van der Waals surface area contributed by atoms with Gasteiger partial charge in [-0.15, -0.1) is 0 Å². The Morgan fingerprint density at radius 3 is 2.33 bits per heavy atom. The van der Waals surface area contributed by atoms with Crippen LogP contribution < -0.4 is 0 Å². The molecule has 0 radical (unpaired) electrons. The smallest absolute Gasteiger partial charge is 0.0829 e. The summed E-state index contributed by atoms with van der Waals surface area (Å²) in [7, 11) is 1.78. The van der Waals surface area contributed by atoms with Crippen LogP contribution in [0.4, 0.5) is 0 Å². The predicted molar refractivity (Wildman–Crippen MR) is 67.4 cm³/mol. The molecule has 1 rings (SSSR count). The van der Waals surface area contributed by atoms with Crippen LogP contribution in [-0.4, -0.2) is 25.5 Å². The van der Waals surface area contributed by atoms with Gasteiger partial charge in [0.15, 0.2) is 0 Å². The summed E-state index contributed by atoms with van der Waals surface area (Å²) < 4.78 is 0. The van der Waals surface area contributed by atoms with Gasteiger partial charge in [0.1, 0.15) is 0 Å². The molecule has 2 heteroatoms. The van der Waals surface area contributed by atoms with Gasteiger partial charge in [-0.05, 0) is 31.9 Å². The molecule has 0 unspecified atom stereocenters. The lowest BCUT2D eigenvalue weighted by Gasteiger charge is -2.09. The van der Waals surface area contributed by atoms with E-state index in [1.807, 2.05) is 13.1 Å². The molecule has 0 saturated heterocycles. The first-order valence-corrected chi connectivity index (χ1v) is 5.24. The Bertz CT molecular complexity index is 369. The van der Waals surface area contributed by atoms with Gasteiger partial charge in [-0.1, -0.05) is 18.2 Å². The van der Waals surface area contributed by atoms with Gasteiger partial charge in [0.25, 0.3) is 0 Å². The number of nitrogens with zero attached hydrogens (tertiary/aromatic N) is 2. The second kappa shape index (κ2) is 5.44.